The minimum atomic E-state index is 0.104. The third kappa shape index (κ3) is 2.47. The van der Waals surface area contributed by atoms with Crippen LogP contribution in [-0.2, 0) is 0 Å². The van der Waals surface area contributed by atoms with Crippen LogP contribution in [0.4, 0.5) is 0 Å². The van der Waals surface area contributed by atoms with Crippen LogP contribution in [0.1, 0.15) is 0 Å². The average molecular weight is 470 g/mol. The molecule has 21 heavy (non-hydrogen) atoms. The van der Waals surface area contributed by atoms with Gasteiger partial charge in [-0.05, 0) is 15.9 Å². The van der Waals surface area contributed by atoms with Gasteiger partial charge in [-0.25, -0.2) is 0 Å². The molecule has 0 unspecified atom stereocenters. The average Bonchev–Trinajstić information content (AvgIpc) is 2.47. The molecule has 0 saturated carbocycles. The monoisotopic (exact) mass is 466 g/mol. The van der Waals surface area contributed by atoms with Gasteiger partial charge >= 0.3 is 0 Å². The Morgan fingerprint density at radius 1 is 0.667 bits per heavy atom. The van der Waals surface area contributed by atoms with Crippen LogP contribution in [-0.4, -0.2) is 0 Å². The van der Waals surface area contributed by atoms with Gasteiger partial charge in [-0.3, -0.25) is 0 Å². The number of ether oxygens (including phenoxy) is 2. The Bertz CT molecular complexity index is 793. The topological polar surface area (TPSA) is 18.5 Å². The fourth-order valence-electron chi connectivity index (χ4n) is 1.71. The van der Waals surface area contributed by atoms with Crippen molar-refractivity contribution in [1.82, 2.24) is 0 Å². The Labute approximate surface area is 157 Å². The molecule has 0 fully saturated rings. The summed E-state index contributed by atoms with van der Waals surface area (Å²) in [6.07, 6.45) is 0. The number of rotatable bonds is 0. The maximum absolute atomic E-state index is 6.13. The summed E-state index contributed by atoms with van der Waals surface area (Å²) in [7, 11) is 0. The molecule has 0 bridgehead atoms. The van der Waals surface area contributed by atoms with E-state index in [0.29, 0.717) is 4.47 Å². The smallest absolute Gasteiger partial charge is 0.191 e. The van der Waals surface area contributed by atoms with Crippen LogP contribution >= 0.6 is 85.5 Å². The number of benzene rings is 2. The zero-order valence-corrected chi connectivity index (χ0v) is 15.7. The molecule has 1 heterocycles. The van der Waals surface area contributed by atoms with Gasteiger partial charge in [-0.2, -0.15) is 0 Å². The van der Waals surface area contributed by atoms with Crippen molar-refractivity contribution >= 4 is 85.5 Å². The normalized spacial score (nSPS) is 12.3. The number of hydrogen-bond acceptors (Lipinski definition) is 2. The first-order valence-electron chi connectivity index (χ1n) is 5.22. The summed E-state index contributed by atoms with van der Waals surface area (Å²) < 4.78 is 11.8. The Balaban J connectivity index is 2.27. The quantitative estimate of drug-likeness (QED) is 0.244. The van der Waals surface area contributed by atoms with E-state index >= 15 is 0 Å². The highest BCUT2D eigenvalue weighted by Gasteiger charge is 2.31. The Hall–Kier alpha value is 0.260. The van der Waals surface area contributed by atoms with E-state index in [1.54, 1.807) is 0 Å². The van der Waals surface area contributed by atoms with Crippen LogP contribution < -0.4 is 9.47 Å². The van der Waals surface area contributed by atoms with Crippen LogP contribution in [0, 0.1) is 0 Å². The molecule has 1 aliphatic heterocycles. The SMILES string of the molecule is Clc1cc2c(c(Cl)c1Cl)Oc1c(Cl)c(Cl)c(Cl)c(Br)c1O2. The highest BCUT2D eigenvalue weighted by atomic mass is 79.9. The first-order valence-corrected chi connectivity index (χ1v) is 8.28. The Morgan fingerprint density at radius 2 is 1.29 bits per heavy atom. The minimum Gasteiger partial charge on any atom is -0.448 e. The zero-order chi connectivity index (χ0) is 15.5. The predicted octanol–water partition coefficient (Wildman–Crippen LogP) is 8.27. The lowest BCUT2D eigenvalue weighted by Crippen LogP contribution is -2.02. The summed E-state index contributed by atoms with van der Waals surface area (Å²) in [5.41, 5.74) is 0. The minimum absolute atomic E-state index is 0.104. The molecule has 0 spiro atoms. The van der Waals surface area contributed by atoms with Crippen LogP contribution in [0.2, 0.25) is 30.1 Å². The van der Waals surface area contributed by atoms with Crippen LogP contribution in [0.25, 0.3) is 0 Å². The maximum atomic E-state index is 6.13. The largest absolute Gasteiger partial charge is 0.448 e. The second kappa shape index (κ2) is 5.72. The highest BCUT2D eigenvalue weighted by molar-refractivity contribution is 9.10. The van der Waals surface area contributed by atoms with Gasteiger partial charge in [0.05, 0.1) is 24.6 Å². The van der Waals surface area contributed by atoms with Crippen LogP contribution in [0.15, 0.2) is 10.5 Å². The summed E-state index contributed by atoms with van der Waals surface area (Å²) in [4.78, 5) is 0. The second-order valence-electron chi connectivity index (χ2n) is 3.93. The van der Waals surface area contributed by atoms with Crippen molar-refractivity contribution < 1.29 is 9.47 Å². The summed E-state index contributed by atoms with van der Waals surface area (Å²) in [5.74, 6) is 0.949. The molecule has 0 atom stereocenters. The molecule has 0 radical (unpaired) electrons. The van der Waals surface area contributed by atoms with Crippen molar-refractivity contribution in [3.05, 3.63) is 40.7 Å². The van der Waals surface area contributed by atoms with Crippen LogP contribution in [0.3, 0.4) is 0 Å². The first kappa shape index (κ1) is 16.1. The second-order valence-corrected chi connectivity index (χ2v) is 7.02. The molecule has 110 valence electrons. The van der Waals surface area contributed by atoms with Gasteiger partial charge in [-0.15, -0.1) is 0 Å². The van der Waals surface area contributed by atoms with Gasteiger partial charge in [0.25, 0.3) is 0 Å². The van der Waals surface area contributed by atoms with Gasteiger partial charge in [-0.1, -0.05) is 69.6 Å². The Kier molecular flexibility index (Phi) is 4.39. The van der Waals surface area contributed by atoms with E-state index < -0.39 is 0 Å². The molecule has 0 aliphatic carbocycles. The molecule has 0 amide bonds. The molecule has 2 nitrogen and oxygen atoms in total. The molecule has 0 aromatic heterocycles. The molecule has 2 aromatic rings. The van der Waals surface area contributed by atoms with Crippen molar-refractivity contribution in [3.8, 4) is 23.0 Å². The highest BCUT2D eigenvalue weighted by Crippen LogP contribution is 2.59. The molecule has 2 aromatic carbocycles. The molecular weight excluding hydrogens is 469 g/mol. The van der Waals surface area contributed by atoms with Crippen molar-refractivity contribution in [2.45, 2.75) is 0 Å². The van der Waals surface area contributed by atoms with Gasteiger partial charge in [0, 0.05) is 6.07 Å². The van der Waals surface area contributed by atoms with Crippen molar-refractivity contribution in [2.75, 3.05) is 0 Å². The van der Waals surface area contributed by atoms with Gasteiger partial charge in [0.1, 0.15) is 10.0 Å². The molecule has 3 rings (SSSR count). The van der Waals surface area contributed by atoms with E-state index in [9.17, 15) is 0 Å². The summed E-state index contributed by atoms with van der Waals surface area (Å²) >= 11 is 39.6. The molecule has 9 heteroatoms. The van der Waals surface area contributed by atoms with E-state index in [1.165, 1.54) is 6.07 Å². The fraction of sp³-hybridized carbons (Fsp3) is 0. The van der Waals surface area contributed by atoms with E-state index in [2.05, 4.69) is 15.9 Å². The third-order valence-electron chi connectivity index (χ3n) is 2.68. The summed E-state index contributed by atoms with van der Waals surface area (Å²) in [6.45, 7) is 0. The van der Waals surface area contributed by atoms with Crippen molar-refractivity contribution in [3.63, 3.8) is 0 Å². The van der Waals surface area contributed by atoms with E-state index in [1.807, 2.05) is 0 Å². The summed E-state index contributed by atoms with van der Waals surface area (Å²) in [5, 5.41) is 0.940. The lowest BCUT2D eigenvalue weighted by Gasteiger charge is -2.24. The fourth-order valence-corrected chi connectivity index (χ4v) is 3.53. The zero-order valence-electron chi connectivity index (χ0n) is 9.54. The maximum Gasteiger partial charge on any atom is 0.191 e. The van der Waals surface area contributed by atoms with E-state index in [0.717, 1.165) is 0 Å². The third-order valence-corrected chi connectivity index (χ3v) is 6.22. The van der Waals surface area contributed by atoms with Gasteiger partial charge < -0.3 is 9.47 Å². The lowest BCUT2D eigenvalue weighted by molar-refractivity contribution is 0.358. The van der Waals surface area contributed by atoms with Gasteiger partial charge in [0.15, 0.2) is 23.0 Å². The molecule has 0 N–H and O–H groups in total. The van der Waals surface area contributed by atoms with Crippen LogP contribution in [0.5, 0.6) is 23.0 Å². The number of hydrogen-bond donors (Lipinski definition) is 0. The predicted molar refractivity (Wildman–Crippen MR) is 90.8 cm³/mol. The van der Waals surface area contributed by atoms with E-state index in [-0.39, 0.29) is 53.1 Å². The molecule has 1 aliphatic rings. The summed E-state index contributed by atoms with van der Waals surface area (Å²) in [6, 6.07) is 1.48. The number of fused-ring (bicyclic) bond motifs is 2. The first-order chi connectivity index (χ1) is 9.82. The van der Waals surface area contributed by atoms with Gasteiger partial charge in [0.2, 0.25) is 0 Å². The van der Waals surface area contributed by atoms with Crippen molar-refractivity contribution in [1.29, 1.82) is 0 Å². The molecular formula is C12HBrCl6O2. The standard InChI is InChI=1S/C12HBrCl6O2/c13-4-6(16)7(17)9(19)12-11(4)20-3-1-2(14)5(15)8(18)10(3)21-12/h1H. The van der Waals surface area contributed by atoms with E-state index in [4.69, 9.17) is 79.1 Å². The molecule has 0 saturated heterocycles. The Morgan fingerprint density at radius 3 is 1.95 bits per heavy atom. The number of halogens is 7. The lowest BCUT2D eigenvalue weighted by atomic mass is 10.2. The van der Waals surface area contributed by atoms with Crippen molar-refractivity contribution in [2.24, 2.45) is 0 Å².